The van der Waals surface area contributed by atoms with Crippen molar-refractivity contribution in [2.24, 2.45) is 5.92 Å². The minimum atomic E-state index is -1.05. The third-order valence-electron chi connectivity index (χ3n) is 2.01. The van der Waals surface area contributed by atoms with Gasteiger partial charge in [-0.1, -0.05) is 6.08 Å². The molecule has 0 aromatic carbocycles. The first-order valence-corrected chi connectivity index (χ1v) is 3.79. The van der Waals surface area contributed by atoms with Crippen LogP contribution in [0.3, 0.4) is 0 Å². The van der Waals surface area contributed by atoms with Crippen LogP contribution in [0.1, 0.15) is 13.3 Å². The zero-order valence-electron chi connectivity index (χ0n) is 6.60. The molecule has 11 heavy (non-hydrogen) atoms. The van der Waals surface area contributed by atoms with Gasteiger partial charge < -0.3 is 14.9 Å². The van der Waals surface area contributed by atoms with Crippen LogP contribution in [0.4, 0.5) is 0 Å². The highest BCUT2D eigenvalue weighted by Gasteiger charge is 2.32. The topological polar surface area (TPSA) is 49.7 Å². The molecular formula is C8H14O3. The van der Waals surface area contributed by atoms with E-state index in [4.69, 9.17) is 9.84 Å². The van der Waals surface area contributed by atoms with Gasteiger partial charge in [-0.2, -0.15) is 0 Å². The molecule has 64 valence electrons. The summed E-state index contributed by atoms with van der Waals surface area (Å²) in [5, 5.41) is 18.4. The average Bonchev–Trinajstić information content (AvgIpc) is 1.96. The summed E-state index contributed by atoms with van der Waals surface area (Å²) in [5.74, 6) is -0.0475. The van der Waals surface area contributed by atoms with E-state index in [1.165, 1.54) is 0 Å². The van der Waals surface area contributed by atoms with E-state index < -0.39 is 12.4 Å². The molecule has 1 rings (SSSR count). The van der Waals surface area contributed by atoms with Gasteiger partial charge in [0, 0.05) is 5.92 Å². The molecule has 0 spiro atoms. The van der Waals surface area contributed by atoms with Gasteiger partial charge in [-0.05, 0) is 13.3 Å². The van der Waals surface area contributed by atoms with Gasteiger partial charge in [0.1, 0.15) is 6.10 Å². The summed E-state index contributed by atoms with van der Waals surface area (Å²) in [5.41, 5.74) is 0. The zero-order valence-corrected chi connectivity index (χ0v) is 6.60. The standard InChI is InChI=1S/C8H14O3/c1-3-6-4-5(2)11-8(10)7(6)9/h3,5-10H,1,4H2,2H3. The molecule has 4 unspecified atom stereocenters. The Morgan fingerprint density at radius 3 is 2.73 bits per heavy atom. The van der Waals surface area contributed by atoms with Gasteiger partial charge in [0.05, 0.1) is 6.10 Å². The largest absolute Gasteiger partial charge is 0.387 e. The second-order valence-corrected chi connectivity index (χ2v) is 2.96. The van der Waals surface area contributed by atoms with Crippen LogP contribution in [-0.2, 0) is 4.74 Å². The van der Waals surface area contributed by atoms with E-state index in [1.54, 1.807) is 6.08 Å². The van der Waals surface area contributed by atoms with Gasteiger partial charge in [-0.15, -0.1) is 6.58 Å². The molecule has 0 bridgehead atoms. The van der Waals surface area contributed by atoms with Crippen molar-refractivity contribution in [3.63, 3.8) is 0 Å². The Balaban J connectivity index is 2.58. The molecule has 1 heterocycles. The average molecular weight is 158 g/mol. The van der Waals surface area contributed by atoms with E-state index in [0.717, 1.165) is 6.42 Å². The van der Waals surface area contributed by atoms with Crippen molar-refractivity contribution in [1.29, 1.82) is 0 Å². The molecule has 1 fully saturated rings. The highest BCUT2D eigenvalue weighted by atomic mass is 16.6. The van der Waals surface area contributed by atoms with Crippen LogP contribution in [0.25, 0.3) is 0 Å². The summed E-state index contributed by atoms with van der Waals surface area (Å²) < 4.78 is 4.99. The highest BCUT2D eigenvalue weighted by Crippen LogP contribution is 2.24. The molecule has 1 aliphatic heterocycles. The third-order valence-corrected chi connectivity index (χ3v) is 2.01. The number of ether oxygens (including phenoxy) is 1. The SMILES string of the molecule is C=CC1CC(C)OC(O)C1O. The fraction of sp³-hybridized carbons (Fsp3) is 0.750. The molecule has 1 aliphatic rings. The molecule has 0 saturated carbocycles. The van der Waals surface area contributed by atoms with Crippen molar-refractivity contribution in [2.45, 2.75) is 31.8 Å². The van der Waals surface area contributed by atoms with Crippen molar-refractivity contribution >= 4 is 0 Å². The molecule has 0 aromatic rings. The van der Waals surface area contributed by atoms with Gasteiger partial charge in [0.15, 0.2) is 6.29 Å². The lowest BCUT2D eigenvalue weighted by atomic mass is 9.93. The van der Waals surface area contributed by atoms with E-state index in [9.17, 15) is 5.11 Å². The van der Waals surface area contributed by atoms with Crippen LogP contribution >= 0.6 is 0 Å². The van der Waals surface area contributed by atoms with Crippen molar-refractivity contribution < 1.29 is 14.9 Å². The molecule has 1 saturated heterocycles. The Labute approximate surface area is 66.3 Å². The van der Waals surface area contributed by atoms with Crippen molar-refractivity contribution in [2.75, 3.05) is 0 Å². The number of rotatable bonds is 1. The van der Waals surface area contributed by atoms with E-state index >= 15 is 0 Å². The Morgan fingerprint density at radius 2 is 2.18 bits per heavy atom. The summed E-state index contributed by atoms with van der Waals surface area (Å²) in [7, 11) is 0. The maximum absolute atomic E-state index is 9.31. The fourth-order valence-electron chi connectivity index (χ4n) is 1.34. The maximum Gasteiger partial charge on any atom is 0.181 e. The van der Waals surface area contributed by atoms with Crippen LogP contribution in [0.5, 0.6) is 0 Å². The first-order valence-electron chi connectivity index (χ1n) is 3.79. The second-order valence-electron chi connectivity index (χ2n) is 2.96. The van der Waals surface area contributed by atoms with E-state index in [1.807, 2.05) is 6.92 Å². The molecule has 4 atom stereocenters. The molecule has 3 nitrogen and oxygen atoms in total. The normalized spacial score (nSPS) is 45.4. The van der Waals surface area contributed by atoms with Gasteiger partial charge in [0.25, 0.3) is 0 Å². The summed E-state index contributed by atoms with van der Waals surface area (Å²) >= 11 is 0. The summed E-state index contributed by atoms with van der Waals surface area (Å²) in [6, 6.07) is 0. The predicted molar refractivity (Wildman–Crippen MR) is 40.9 cm³/mol. The van der Waals surface area contributed by atoms with E-state index in [0.29, 0.717) is 0 Å². The molecule has 0 aromatic heterocycles. The Kier molecular flexibility index (Phi) is 2.65. The van der Waals surface area contributed by atoms with Crippen LogP contribution < -0.4 is 0 Å². The lowest BCUT2D eigenvalue weighted by Gasteiger charge is -2.33. The summed E-state index contributed by atoms with van der Waals surface area (Å²) in [4.78, 5) is 0. The van der Waals surface area contributed by atoms with Crippen LogP contribution in [0.2, 0.25) is 0 Å². The van der Waals surface area contributed by atoms with Gasteiger partial charge in [-0.3, -0.25) is 0 Å². The van der Waals surface area contributed by atoms with E-state index in [2.05, 4.69) is 6.58 Å². The van der Waals surface area contributed by atoms with Crippen LogP contribution in [0.15, 0.2) is 12.7 Å². The first kappa shape index (κ1) is 8.71. The van der Waals surface area contributed by atoms with Gasteiger partial charge in [0.2, 0.25) is 0 Å². The number of aliphatic hydroxyl groups is 2. The minimum Gasteiger partial charge on any atom is -0.387 e. The number of hydrogen-bond donors (Lipinski definition) is 2. The van der Waals surface area contributed by atoms with Crippen LogP contribution in [-0.4, -0.2) is 28.7 Å². The van der Waals surface area contributed by atoms with Crippen molar-refractivity contribution in [3.05, 3.63) is 12.7 Å². The highest BCUT2D eigenvalue weighted by molar-refractivity contribution is 4.90. The van der Waals surface area contributed by atoms with Crippen molar-refractivity contribution in [3.8, 4) is 0 Å². The van der Waals surface area contributed by atoms with Gasteiger partial charge in [-0.25, -0.2) is 0 Å². The van der Waals surface area contributed by atoms with Crippen LogP contribution in [0, 0.1) is 5.92 Å². The number of aliphatic hydroxyl groups excluding tert-OH is 2. The lowest BCUT2D eigenvalue weighted by molar-refractivity contribution is -0.223. The molecule has 0 aliphatic carbocycles. The Morgan fingerprint density at radius 1 is 1.55 bits per heavy atom. The zero-order chi connectivity index (χ0) is 8.43. The quantitative estimate of drug-likeness (QED) is 0.539. The molecule has 2 N–H and O–H groups in total. The summed E-state index contributed by atoms with van der Waals surface area (Å²) in [6.07, 6.45) is 0.510. The smallest absolute Gasteiger partial charge is 0.181 e. The maximum atomic E-state index is 9.31. The van der Waals surface area contributed by atoms with Crippen molar-refractivity contribution in [1.82, 2.24) is 0 Å². The predicted octanol–water partition coefficient (Wildman–Crippen LogP) is 0.277. The third kappa shape index (κ3) is 1.80. The fourth-order valence-corrected chi connectivity index (χ4v) is 1.34. The van der Waals surface area contributed by atoms with Gasteiger partial charge >= 0.3 is 0 Å². The Bertz CT molecular complexity index is 146. The molecule has 3 heteroatoms. The summed E-state index contributed by atoms with van der Waals surface area (Å²) in [6.45, 7) is 5.44. The molecular weight excluding hydrogens is 144 g/mol. The minimum absolute atomic E-state index is 0.00333. The monoisotopic (exact) mass is 158 g/mol. The molecule has 0 radical (unpaired) electrons. The van der Waals surface area contributed by atoms with E-state index in [-0.39, 0.29) is 12.0 Å². The number of hydrogen-bond acceptors (Lipinski definition) is 3. The molecule has 0 amide bonds. The Hall–Kier alpha value is -0.380. The lowest BCUT2D eigenvalue weighted by Crippen LogP contribution is -2.43. The second kappa shape index (κ2) is 3.34. The first-order chi connectivity index (χ1) is 5.15.